The molecule has 0 radical (unpaired) electrons. The molecule has 0 N–H and O–H groups in total. The molecule has 1 spiro atoms. The van der Waals surface area contributed by atoms with Gasteiger partial charge in [0, 0.05) is 32.6 Å². The van der Waals surface area contributed by atoms with Crippen molar-refractivity contribution in [2.45, 2.75) is 26.3 Å². The van der Waals surface area contributed by atoms with Crippen LogP contribution in [0, 0.1) is 5.41 Å². The molecular weight excluding hydrogens is 280 g/mol. The molecule has 0 bridgehead atoms. The van der Waals surface area contributed by atoms with Crippen LogP contribution in [0.15, 0.2) is 24.3 Å². The van der Waals surface area contributed by atoms with Crippen molar-refractivity contribution in [3.63, 3.8) is 0 Å². The van der Waals surface area contributed by atoms with Crippen molar-refractivity contribution in [1.29, 1.82) is 0 Å². The second-order valence-corrected chi connectivity index (χ2v) is 6.19. The highest BCUT2D eigenvalue weighted by Crippen LogP contribution is 2.42. The first-order valence-corrected chi connectivity index (χ1v) is 7.78. The highest BCUT2D eigenvalue weighted by Gasteiger charge is 2.54. The summed E-state index contributed by atoms with van der Waals surface area (Å²) in [4.78, 5) is 28.3. The first-order valence-electron chi connectivity index (χ1n) is 7.78. The number of piperidine rings is 1. The summed E-state index contributed by atoms with van der Waals surface area (Å²) in [6, 6.07) is 7.75. The fourth-order valence-corrected chi connectivity index (χ4v) is 3.44. The molecule has 3 rings (SSSR count). The van der Waals surface area contributed by atoms with Crippen molar-refractivity contribution < 1.29 is 14.3 Å². The van der Waals surface area contributed by atoms with Gasteiger partial charge in [-0.15, -0.1) is 0 Å². The summed E-state index contributed by atoms with van der Waals surface area (Å²) in [6.07, 6.45) is 1.17. The lowest BCUT2D eigenvalue weighted by atomic mass is 9.70. The van der Waals surface area contributed by atoms with Gasteiger partial charge in [-0.05, 0) is 31.0 Å². The molecular formula is C17H22N2O3. The summed E-state index contributed by atoms with van der Waals surface area (Å²) in [5, 5.41) is 0. The van der Waals surface area contributed by atoms with E-state index in [1.807, 2.05) is 41.0 Å². The minimum atomic E-state index is -0.421. The Morgan fingerprint density at radius 2 is 1.91 bits per heavy atom. The number of β-lactam (4-membered cyclic amide) rings is 1. The van der Waals surface area contributed by atoms with Gasteiger partial charge in [-0.1, -0.05) is 12.1 Å². The van der Waals surface area contributed by atoms with Crippen LogP contribution in [0.25, 0.3) is 0 Å². The summed E-state index contributed by atoms with van der Waals surface area (Å²) < 4.78 is 5.14. The molecule has 118 valence electrons. The molecule has 2 saturated heterocycles. The first-order chi connectivity index (χ1) is 10.6. The third-order valence-corrected chi connectivity index (χ3v) is 4.85. The smallest absolute Gasteiger partial charge is 0.231 e. The maximum Gasteiger partial charge on any atom is 0.231 e. The van der Waals surface area contributed by atoms with E-state index >= 15 is 0 Å². The zero-order valence-corrected chi connectivity index (χ0v) is 13.2. The van der Waals surface area contributed by atoms with Crippen LogP contribution in [0.3, 0.4) is 0 Å². The van der Waals surface area contributed by atoms with Gasteiger partial charge in [0.2, 0.25) is 11.8 Å². The van der Waals surface area contributed by atoms with Crippen LogP contribution in [0.1, 0.15) is 25.3 Å². The number of amides is 2. The van der Waals surface area contributed by atoms with Crippen LogP contribution in [-0.2, 0) is 16.1 Å². The summed E-state index contributed by atoms with van der Waals surface area (Å²) in [5.41, 5.74) is 0.663. The Bertz CT molecular complexity index is 584. The Morgan fingerprint density at radius 3 is 2.45 bits per heavy atom. The Hall–Kier alpha value is -2.04. The molecule has 22 heavy (non-hydrogen) atoms. The number of carbonyl (C=O) groups is 2. The minimum absolute atomic E-state index is 0.117. The van der Waals surface area contributed by atoms with Gasteiger partial charge in [0.1, 0.15) is 5.75 Å². The lowest BCUT2D eigenvalue weighted by molar-refractivity contribution is -0.171. The molecule has 0 aromatic heterocycles. The lowest BCUT2D eigenvalue weighted by Gasteiger charge is -2.52. The third-order valence-electron chi connectivity index (χ3n) is 4.85. The average Bonchev–Trinajstić information content (AvgIpc) is 2.55. The van der Waals surface area contributed by atoms with E-state index in [2.05, 4.69) is 0 Å². The molecule has 0 unspecified atom stereocenters. The van der Waals surface area contributed by atoms with E-state index in [1.165, 1.54) is 0 Å². The number of hydrogen-bond acceptors (Lipinski definition) is 3. The zero-order valence-electron chi connectivity index (χ0n) is 13.2. The zero-order chi connectivity index (χ0) is 15.7. The second kappa shape index (κ2) is 5.63. The van der Waals surface area contributed by atoms with Crippen LogP contribution >= 0.6 is 0 Å². The van der Waals surface area contributed by atoms with E-state index in [4.69, 9.17) is 4.74 Å². The molecule has 2 aliphatic heterocycles. The largest absolute Gasteiger partial charge is 0.497 e. The van der Waals surface area contributed by atoms with Crippen LogP contribution in [0.2, 0.25) is 0 Å². The molecule has 2 amide bonds. The quantitative estimate of drug-likeness (QED) is 0.795. The molecule has 2 aliphatic rings. The van der Waals surface area contributed by atoms with E-state index in [0.29, 0.717) is 26.1 Å². The Morgan fingerprint density at radius 1 is 1.18 bits per heavy atom. The van der Waals surface area contributed by atoms with Crippen LogP contribution < -0.4 is 4.74 Å². The van der Waals surface area contributed by atoms with Crippen molar-refractivity contribution in [2.75, 3.05) is 26.7 Å². The fraction of sp³-hybridized carbons (Fsp3) is 0.529. The summed E-state index contributed by atoms with van der Waals surface area (Å²) in [5.74, 6) is 1.06. The van der Waals surface area contributed by atoms with Crippen molar-refractivity contribution in [2.24, 2.45) is 5.41 Å². The van der Waals surface area contributed by atoms with Gasteiger partial charge < -0.3 is 14.5 Å². The van der Waals surface area contributed by atoms with Crippen LogP contribution in [-0.4, -0.2) is 48.4 Å². The van der Waals surface area contributed by atoms with Gasteiger partial charge >= 0.3 is 0 Å². The highest BCUT2D eigenvalue weighted by atomic mass is 16.5. The summed E-state index contributed by atoms with van der Waals surface area (Å²) in [6.45, 7) is 4.72. The maximum atomic E-state index is 12.5. The molecule has 1 atom stereocenters. The van der Waals surface area contributed by atoms with E-state index in [-0.39, 0.29) is 11.8 Å². The fourth-order valence-electron chi connectivity index (χ4n) is 3.44. The lowest BCUT2D eigenvalue weighted by Crippen LogP contribution is -2.65. The van der Waals surface area contributed by atoms with Crippen molar-refractivity contribution in [3.05, 3.63) is 29.8 Å². The summed E-state index contributed by atoms with van der Waals surface area (Å²) in [7, 11) is 1.64. The Labute approximate surface area is 130 Å². The molecule has 5 heteroatoms. The summed E-state index contributed by atoms with van der Waals surface area (Å²) >= 11 is 0. The van der Waals surface area contributed by atoms with E-state index in [0.717, 1.165) is 24.3 Å². The third kappa shape index (κ3) is 2.45. The van der Waals surface area contributed by atoms with Gasteiger partial charge in [-0.2, -0.15) is 0 Å². The number of hydrogen-bond donors (Lipinski definition) is 0. The number of benzene rings is 1. The van der Waals surface area contributed by atoms with E-state index < -0.39 is 5.41 Å². The number of rotatable bonds is 4. The predicted octanol–water partition coefficient (Wildman–Crippen LogP) is 1.67. The van der Waals surface area contributed by atoms with Gasteiger partial charge in [-0.3, -0.25) is 9.59 Å². The van der Waals surface area contributed by atoms with Crippen molar-refractivity contribution >= 4 is 11.8 Å². The van der Waals surface area contributed by atoms with Gasteiger partial charge in [0.15, 0.2) is 0 Å². The van der Waals surface area contributed by atoms with Crippen LogP contribution in [0.5, 0.6) is 5.75 Å². The van der Waals surface area contributed by atoms with Crippen molar-refractivity contribution in [3.8, 4) is 5.75 Å². The molecule has 1 aromatic carbocycles. The Kier molecular flexibility index (Phi) is 3.81. The molecule has 1 aromatic rings. The topological polar surface area (TPSA) is 49.9 Å². The second-order valence-electron chi connectivity index (χ2n) is 6.19. The number of carbonyl (C=O) groups excluding carboxylic acids is 2. The number of ether oxygens (including phenoxy) is 1. The van der Waals surface area contributed by atoms with Gasteiger partial charge in [0.25, 0.3) is 0 Å². The minimum Gasteiger partial charge on any atom is -0.497 e. The van der Waals surface area contributed by atoms with E-state index in [1.54, 1.807) is 7.11 Å². The maximum absolute atomic E-state index is 12.5. The molecule has 0 aliphatic carbocycles. The monoisotopic (exact) mass is 302 g/mol. The van der Waals surface area contributed by atoms with Crippen LogP contribution in [0.4, 0.5) is 0 Å². The molecule has 2 heterocycles. The highest BCUT2D eigenvalue weighted by molar-refractivity contribution is 5.94. The van der Waals surface area contributed by atoms with E-state index in [9.17, 15) is 9.59 Å². The normalized spacial score (nSPS) is 24.6. The number of methoxy groups -OCH3 is 1. The molecule has 5 nitrogen and oxygen atoms in total. The standard InChI is InChI=1S/C17H22N2O3/c1-3-18-9-8-17(10-15(18)20)12-19(16(17)21)11-13-4-6-14(22-2)7-5-13/h4-7H,3,8-12H2,1-2H3/t17-/m0/s1. The predicted molar refractivity (Wildman–Crippen MR) is 82.3 cm³/mol. The number of nitrogens with zero attached hydrogens (tertiary/aromatic N) is 2. The first kappa shape index (κ1) is 14.9. The number of likely N-dealkylation sites (tertiary alicyclic amines) is 2. The Balaban J connectivity index is 1.61. The van der Waals surface area contributed by atoms with Crippen molar-refractivity contribution in [1.82, 2.24) is 9.80 Å². The SMILES string of the molecule is CCN1CC[C@]2(CC1=O)CN(Cc1ccc(OC)cc1)C2=O. The van der Waals surface area contributed by atoms with Gasteiger partial charge in [-0.25, -0.2) is 0 Å². The molecule has 0 saturated carbocycles. The molecule has 2 fully saturated rings. The van der Waals surface area contributed by atoms with Gasteiger partial charge in [0.05, 0.1) is 12.5 Å². The average molecular weight is 302 g/mol.